The Hall–Kier alpha value is -1.53. The van der Waals surface area contributed by atoms with Gasteiger partial charge in [0.2, 0.25) is 5.13 Å². The lowest BCUT2D eigenvalue weighted by atomic mass is 10.2. The van der Waals surface area contributed by atoms with Gasteiger partial charge in [0.25, 0.3) is 5.91 Å². The molecule has 4 nitrogen and oxygen atoms in total. The van der Waals surface area contributed by atoms with Crippen LogP contribution in [0.1, 0.15) is 22.3 Å². The normalized spacial score (nSPS) is 10.4. The van der Waals surface area contributed by atoms with Crippen LogP contribution >= 0.6 is 22.9 Å². The first-order chi connectivity index (χ1) is 8.60. The van der Waals surface area contributed by atoms with Crippen LogP contribution in [0.25, 0.3) is 0 Å². The van der Waals surface area contributed by atoms with Gasteiger partial charge in [0.05, 0.1) is 5.56 Å². The molecule has 0 saturated heterocycles. The zero-order chi connectivity index (χ0) is 13.1. The molecule has 1 aromatic carbocycles. The number of nitrogens with one attached hydrogen (secondary N) is 1. The maximum Gasteiger partial charge on any atom is 0.260 e. The third-order valence-electron chi connectivity index (χ3n) is 2.16. The summed E-state index contributed by atoms with van der Waals surface area (Å²) in [7, 11) is 0. The molecule has 2 rings (SSSR count). The quantitative estimate of drug-likeness (QED) is 0.942. The second-order valence-electron chi connectivity index (χ2n) is 3.43. The Balaban J connectivity index is 2.19. The Morgan fingerprint density at radius 3 is 2.94 bits per heavy atom. The molecule has 18 heavy (non-hydrogen) atoms. The third kappa shape index (κ3) is 2.83. The van der Waals surface area contributed by atoms with Crippen molar-refractivity contribution in [3.05, 3.63) is 39.6 Å². The van der Waals surface area contributed by atoms with Gasteiger partial charge < -0.3 is 0 Å². The number of halogens is 2. The highest BCUT2D eigenvalue weighted by molar-refractivity contribution is 7.15. The van der Waals surface area contributed by atoms with E-state index in [1.807, 2.05) is 6.92 Å². The SMILES string of the molecule is CCc1nnc(NC(=O)c2cc(Cl)ccc2F)s1. The van der Waals surface area contributed by atoms with Gasteiger partial charge in [0.1, 0.15) is 10.8 Å². The van der Waals surface area contributed by atoms with Crippen LogP contribution in [-0.4, -0.2) is 16.1 Å². The van der Waals surface area contributed by atoms with E-state index in [1.54, 1.807) is 0 Å². The van der Waals surface area contributed by atoms with E-state index in [1.165, 1.54) is 23.5 Å². The van der Waals surface area contributed by atoms with Crippen molar-refractivity contribution in [3.8, 4) is 0 Å². The monoisotopic (exact) mass is 285 g/mol. The van der Waals surface area contributed by atoms with Crippen LogP contribution < -0.4 is 5.32 Å². The summed E-state index contributed by atoms with van der Waals surface area (Å²) in [5.74, 6) is -1.22. The van der Waals surface area contributed by atoms with Crippen molar-refractivity contribution in [3.63, 3.8) is 0 Å². The summed E-state index contributed by atoms with van der Waals surface area (Å²) in [5, 5.41) is 11.6. The van der Waals surface area contributed by atoms with E-state index in [2.05, 4.69) is 15.5 Å². The number of carbonyl (C=O) groups is 1. The van der Waals surface area contributed by atoms with Crippen molar-refractivity contribution in [2.45, 2.75) is 13.3 Å². The summed E-state index contributed by atoms with van der Waals surface area (Å²) in [4.78, 5) is 11.8. The summed E-state index contributed by atoms with van der Waals surface area (Å²) in [6.07, 6.45) is 0.735. The van der Waals surface area contributed by atoms with Crippen LogP contribution in [0, 0.1) is 5.82 Å². The number of nitrogens with zero attached hydrogens (tertiary/aromatic N) is 2. The minimum atomic E-state index is -0.628. The Labute approximate surface area is 112 Å². The summed E-state index contributed by atoms with van der Waals surface area (Å²) >= 11 is 6.97. The molecular weight excluding hydrogens is 277 g/mol. The predicted molar refractivity (Wildman–Crippen MR) is 68.7 cm³/mol. The topological polar surface area (TPSA) is 54.9 Å². The second kappa shape index (κ2) is 5.41. The van der Waals surface area contributed by atoms with E-state index < -0.39 is 11.7 Å². The van der Waals surface area contributed by atoms with E-state index in [0.717, 1.165) is 17.5 Å². The highest BCUT2D eigenvalue weighted by Gasteiger charge is 2.14. The molecule has 0 unspecified atom stereocenters. The van der Waals surface area contributed by atoms with Gasteiger partial charge in [-0.2, -0.15) is 0 Å². The van der Waals surface area contributed by atoms with Crippen molar-refractivity contribution in [1.29, 1.82) is 0 Å². The molecule has 0 aliphatic carbocycles. The molecule has 0 aliphatic heterocycles. The fourth-order valence-electron chi connectivity index (χ4n) is 1.28. The predicted octanol–water partition coefficient (Wildman–Crippen LogP) is 3.15. The Morgan fingerprint density at radius 1 is 1.50 bits per heavy atom. The molecule has 0 aliphatic rings. The van der Waals surface area contributed by atoms with Gasteiger partial charge in [0, 0.05) is 5.02 Å². The van der Waals surface area contributed by atoms with Gasteiger partial charge in [-0.25, -0.2) is 4.39 Å². The van der Waals surface area contributed by atoms with Crippen molar-refractivity contribution in [2.24, 2.45) is 0 Å². The Kier molecular flexibility index (Phi) is 3.88. The van der Waals surface area contributed by atoms with Gasteiger partial charge in [0.15, 0.2) is 0 Å². The zero-order valence-corrected chi connectivity index (χ0v) is 11.0. The highest BCUT2D eigenvalue weighted by Crippen LogP contribution is 2.19. The minimum Gasteiger partial charge on any atom is -0.296 e. The van der Waals surface area contributed by atoms with Gasteiger partial charge >= 0.3 is 0 Å². The molecule has 1 N–H and O–H groups in total. The summed E-state index contributed by atoms with van der Waals surface area (Å²) in [6.45, 7) is 1.93. The van der Waals surface area contributed by atoms with E-state index in [4.69, 9.17) is 11.6 Å². The molecule has 94 valence electrons. The van der Waals surface area contributed by atoms with Gasteiger partial charge in [-0.15, -0.1) is 10.2 Å². The number of carbonyl (C=O) groups excluding carboxylic acids is 1. The number of benzene rings is 1. The van der Waals surface area contributed by atoms with E-state index >= 15 is 0 Å². The van der Waals surface area contributed by atoms with Crippen LogP contribution in [0.4, 0.5) is 9.52 Å². The van der Waals surface area contributed by atoms with Crippen molar-refractivity contribution in [2.75, 3.05) is 5.32 Å². The maximum absolute atomic E-state index is 13.4. The number of aromatic nitrogens is 2. The average Bonchev–Trinajstić information content (AvgIpc) is 2.80. The molecule has 1 amide bonds. The van der Waals surface area contributed by atoms with Crippen molar-refractivity contribution >= 4 is 34.0 Å². The molecule has 2 aromatic rings. The lowest BCUT2D eigenvalue weighted by Crippen LogP contribution is -2.13. The van der Waals surface area contributed by atoms with E-state index in [0.29, 0.717) is 10.2 Å². The number of amides is 1. The van der Waals surface area contributed by atoms with Crippen LogP contribution in [0.3, 0.4) is 0 Å². The number of aryl methyl sites for hydroxylation is 1. The third-order valence-corrected chi connectivity index (χ3v) is 3.38. The molecule has 0 radical (unpaired) electrons. The van der Waals surface area contributed by atoms with Gasteiger partial charge in [-0.3, -0.25) is 10.1 Å². The second-order valence-corrected chi connectivity index (χ2v) is 4.93. The fraction of sp³-hybridized carbons (Fsp3) is 0.182. The lowest BCUT2D eigenvalue weighted by molar-refractivity contribution is 0.102. The lowest BCUT2D eigenvalue weighted by Gasteiger charge is -2.02. The maximum atomic E-state index is 13.4. The van der Waals surface area contributed by atoms with Gasteiger partial charge in [-0.1, -0.05) is 29.9 Å². The molecule has 0 atom stereocenters. The molecule has 0 bridgehead atoms. The molecule has 1 aromatic heterocycles. The number of hydrogen-bond acceptors (Lipinski definition) is 4. The van der Waals surface area contributed by atoms with Crippen LogP contribution in [-0.2, 0) is 6.42 Å². The number of rotatable bonds is 3. The molecule has 1 heterocycles. The Morgan fingerprint density at radius 2 is 2.28 bits per heavy atom. The van der Waals surface area contributed by atoms with Gasteiger partial charge in [-0.05, 0) is 24.6 Å². The first kappa shape index (κ1) is 12.9. The highest BCUT2D eigenvalue weighted by atomic mass is 35.5. The standard InChI is InChI=1S/C11H9ClFN3OS/c1-2-9-15-16-11(18-9)14-10(17)7-5-6(12)3-4-8(7)13/h3-5H,2H2,1H3,(H,14,16,17). The summed E-state index contributed by atoms with van der Waals surface area (Å²) in [5.41, 5.74) is -0.115. The molecule has 7 heteroatoms. The molecule has 0 fully saturated rings. The smallest absolute Gasteiger partial charge is 0.260 e. The van der Waals surface area contributed by atoms with Crippen molar-refractivity contribution < 1.29 is 9.18 Å². The van der Waals surface area contributed by atoms with E-state index in [9.17, 15) is 9.18 Å². The number of anilines is 1. The van der Waals surface area contributed by atoms with Crippen molar-refractivity contribution in [1.82, 2.24) is 10.2 Å². The molecule has 0 spiro atoms. The van der Waals surface area contributed by atoms with Crippen LogP contribution in [0.5, 0.6) is 0 Å². The van der Waals surface area contributed by atoms with E-state index in [-0.39, 0.29) is 5.56 Å². The van der Waals surface area contributed by atoms with Crippen LogP contribution in [0.2, 0.25) is 5.02 Å². The largest absolute Gasteiger partial charge is 0.296 e. The molecular formula is C11H9ClFN3OS. The molecule has 0 saturated carbocycles. The van der Waals surface area contributed by atoms with Crippen LogP contribution in [0.15, 0.2) is 18.2 Å². The number of hydrogen-bond donors (Lipinski definition) is 1. The summed E-state index contributed by atoms with van der Waals surface area (Å²) < 4.78 is 13.4. The minimum absolute atomic E-state index is 0.115. The average molecular weight is 286 g/mol. The zero-order valence-electron chi connectivity index (χ0n) is 9.41. The first-order valence-corrected chi connectivity index (χ1v) is 6.38. The fourth-order valence-corrected chi connectivity index (χ4v) is 2.13. The summed E-state index contributed by atoms with van der Waals surface area (Å²) in [6, 6.07) is 3.80. The first-order valence-electron chi connectivity index (χ1n) is 5.19. The Bertz CT molecular complexity index is 587.